The minimum Gasteiger partial charge on any atom is -0.262 e. The first-order chi connectivity index (χ1) is 9.75. The van der Waals surface area contributed by atoms with Gasteiger partial charge in [0.2, 0.25) is 6.20 Å². The fraction of sp³-hybridized carbons (Fsp3) is 0.267. The summed E-state index contributed by atoms with van der Waals surface area (Å²) in [4.78, 5) is 26.1. The van der Waals surface area contributed by atoms with Crippen LogP contribution in [0.3, 0.4) is 0 Å². The van der Waals surface area contributed by atoms with Crippen LogP contribution in [0.25, 0.3) is 0 Å². The largest absolute Gasteiger partial charge is 0.320 e. The molecule has 1 aromatic carbocycles. The maximum atomic E-state index is 12.4. The third-order valence-corrected chi connectivity index (χ3v) is 5.04. The molecule has 2 heterocycles. The third-order valence-electron chi connectivity index (χ3n) is 3.90. The Labute approximate surface area is 120 Å². The van der Waals surface area contributed by atoms with Crippen LogP contribution < -0.4 is 9.07 Å². The van der Waals surface area contributed by atoms with Crippen LogP contribution in [-0.2, 0) is 12.8 Å². The zero-order chi connectivity index (χ0) is 13.7. The van der Waals surface area contributed by atoms with Crippen LogP contribution >= 0.6 is 11.5 Å². The van der Waals surface area contributed by atoms with E-state index in [4.69, 9.17) is 0 Å². The smallest absolute Gasteiger partial charge is 0.262 e. The Morgan fingerprint density at radius 3 is 2.30 bits per heavy atom. The Balaban J connectivity index is 1.79. The van der Waals surface area contributed by atoms with Crippen molar-refractivity contribution in [1.82, 2.24) is 0 Å². The van der Waals surface area contributed by atoms with Gasteiger partial charge in [0, 0.05) is 5.56 Å². The van der Waals surface area contributed by atoms with Crippen molar-refractivity contribution < 1.29 is 13.7 Å². The van der Waals surface area contributed by atoms with Crippen molar-refractivity contribution in [3.8, 4) is 0 Å². The van der Waals surface area contributed by atoms with Gasteiger partial charge in [-0.3, -0.25) is 9.59 Å². The molecule has 2 amide bonds. The lowest BCUT2D eigenvalue weighted by Crippen LogP contribution is -2.58. The molecule has 2 aliphatic rings. The molecule has 4 nitrogen and oxygen atoms in total. The van der Waals surface area contributed by atoms with Crippen molar-refractivity contribution in [2.24, 2.45) is 0 Å². The highest BCUT2D eigenvalue weighted by atomic mass is 32.1. The second kappa shape index (κ2) is 4.24. The highest BCUT2D eigenvalue weighted by Crippen LogP contribution is 2.25. The fourth-order valence-corrected chi connectivity index (χ4v) is 4.01. The highest BCUT2D eigenvalue weighted by Gasteiger charge is 2.43. The average molecular weight is 285 g/mol. The fourth-order valence-electron chi connectivity index (χ4n) is 2.87. The van der Waals surface area contributed by atoms with E-state index < -0.39 is 0 Å². The van der Waals surface area contributed by atoms with Gasteiger partial charge in [0.05, 0.1) is 16.0 Å². The van der Waals surface area contributed by atoms with Crippen molar-refractivity contribution in [2.45, 2.75) is 25.7 Å². The lowest BCUT2D eigenvalue weighted by molar-refractivity contribution is -0.601. The predicted molar refractivity (Wildman–Crippen MR) is 74.5 cm³/mol. The SMILES string of the molecule is O=C1c2ccccc2C(=O)N1[n+]1cc2c(s1)CCCC2. The van der Waals surface area contributed by atoms with Crippen LogP contribution in [0.2, 0.25) is 0 Å². The number of carbonyl (C=O) groups excluding carboxylic acids is 2. The van der Waals surface area contributed by atoms with E-state index in [1.54, 1.807) is 28.3 Å². The number of hydrogen-bond acceptors (Lipinski definition) is 3. The number of imide groups is 1. The van der Waals surface area contributed by atoms with Crippen molar-refractivity contribution in [3.63, 3.8) is 0 Å². The maximum absolute atomic E-state index is 12.4. The van der Waals surface area contributed by atoms with Crippen LogP contribution in [0.5, 0.6) is 0 Å². The number of aromatic nitrogens is 1. The summed E-state index contributed by atoms with van der Waals surface area (Å²) in [6, 6.07) is 7.00. The van der Waals surface area contributed by atoms with Gasteiger partial charge < -0.3 is 0 Å². The number of amides is 2. The standard InChI is InChI=1S/C15H13N2O2S/c18-14-11-6-2-3-7-12(11)15(19)17(14)16-9-10-5-1-4-8-13(10)20-16/h2-3,6-7,9H,1,4-5,8H2/q+1. The van der Waals surface area contributed by atoms with Crippen LogP contribution in [0.1, 0.15) is 44.0 Å². The van der Waals surface area contributed by atoms with Gasteiger partial charge in [-0.25, -0.2) is 0 Å². The Morgan fingerprint density at radius 1 is 1.00 bits per heavy atom. The summed E-state index contributed by atoms with van der Waals surface area (Å²) in [5.41, 5.74) is 2.27. The van der Waals surface area contributed by atoms with E-state index in [1.807, 2.05) is 6.20 Å². The number of hydrogen-bond donors (Lipinski definition) is 0. The lowest BCUT2D eigenvalue weighted by Gasteiger charge is -2.04. The van der Waals surface area contributed by atoms with Crippen molar-refractivity contribution in [3.05, 3.63) is 52.0 Å². The Hall–Kier alpha value is -2.01. The molecule has 0 atom stereocenters. The molecule has 0 saturated carbocycles. The first kappa shape index (κ1) is 11.8. The number of aryl methyl sites for hydroxylation is 2. The molecule has 2 aromatic rings. The topological polar surface area (TPSA) is 41.3 Å². The summed E-state index contributed by atoms with van der Waals surface area (Å²) in [7, 11) is 0. The second-order valence-electron chi connectivity index (χ2n) is 5.15. The van der Waals surface area contributed by atoms with E-state index in [0.717, 1.165) is 12.8 Å². The molecule has 0 radical (unpaired) electrons. The number of carbonyl (C=O) groups is 2. The van der Waals surface area contributed by atoms with E-state index in [-0.39, 0.29) is 11.8 Å². The maximum Gasteiger partial charge on any atom is 0.320 e. The zero-order valence-electron chi connectivity index (χ0n) is 10.8. The van der Waals surface area contributed by atoms with Crippen molar-refractivity contribution in [1.29, 1.82) is 0 Å². The Kier molecular flexibility index (Phi) is 2.50. The molecule has 1 aromatic heterocycles. The first-order valence-corrected chi connectivity index (χ1v) is 7.55. The predicted octanol–water partition coefficient (Wildman–Crippen LogP) is 1.85. The average Bonchev–Trinajstić information content (AvgIpc) is 3.00. The van der Waals surface area contributed by atoms with Crippen LogP contribution in [0.15, 0.2) is 30.5 Å². The molecule has 0 saturated heterocycles. The van der Waals surface area contributed by atoms with Gasteiger partial charge in [0.15, 0.2) is 11.5 Å². The molecule has 5 heteroatoms. The quantitative estimate of drug-likeness (QED) is 0.592. The van der Waals surface area contributed by atoms with Gasteiger partial charge in [-0.1, -0.05) is 12.1 Å². The van der Waals surface area contributed by atoms with Crippen molar-refractivity contribution >= 4 is 23.3 Å². The summed E-state index contributed by atoms with van der Waals surface area (Å²) in [6.07, 6.45) is 6.42. The summed E-state index contributed by atoms with van der Waals surface area (Å²) < 4.78 is 1.71. The molecule has 20 heavy (non-hydrogen) atoms. The summed E-state index contributed by atoms with van der Waals surface area (Å²) in [5.74, 6) is -0.455. The third kappa shape index (κ3) is 1.56. The highest BCUT2D eigenvalue weighted by molar-refractivity contribution is 7.02. The molecule has 0 N–H and O–H groups in total. The molecular formula is C15H13N2O2S+. The summed E-state index contributed by atoms with van der Waals surface area (Å²) in [6.45, 7) is 0. The van der Waals surface area contributed by atoms with Crippen LogP contribution in [0, 0.1) is 0 Å². The molecule has 1 aliphatic heterocycles. The zero-order valence-corrected chi connectivity index (χ0v) is 11.7. The van der Waals surface area contributed by atoms with E-state index in [2.05, 4.69) is 0 Å². The molecule has 0 fully saturated rings. The van der Waals surface area contributed by atoms with E-state index in [9.17, 15) is 9.59 Å². The number of rotatable bonds is 1. The van der Waals surface area contributed by atoms with Gasteiger partial charge in [-0.2, -0.15) is 0 Å². The number of benzene rings is 1. The number of fused-ring (bicyclic) bond motifs is 2. The molecule has 100 valence electrons. The molecule has 0 bridgehead atoms. The molecule has 1 aliphatic carbocycles. The van der Waals surface area contributed by atoms with E-state index >= 15 is 0 Å². The van der Waals surface area contributed by atoms with Gasteiger partial charge in [-0.05, 0) is 46.9 Å². The summed E-state index contributed by atoms with van der Waals surface area (Å²) in [5, 5.41) is 1.26. The molecule has 4 rings (SSSR count). The van der Waals surface area contributed by atoms with Gasteiger partial charge in [0.1, 0.15) is 0 Å². The van der Waals surface area contributed by atoms with E-state index in [0.29, 0.717) is 11.1 Å². The molecule has 0 spiro atoms. The second-order valence-corrected chi connectivity index (χ2v) is 6.20. The monoisotopic (exact) mass is 285 g/mol. The van der Waals surface area contributed by atoms with Gasteiger partial charge in [-0.15, -0.1) is 0 Å². The molecule has 0 unspecified atom stereocenters. The Bertz CT molecular complexity index is 677. The first-order valence-electron chi connectivity index (χ1n) is 6.77. The minimum atomic E-state index is -0.228. The Morgan fingerprint density at radius 2 is 1.65 bits per heavy atom. The van der Waals surface area contributed by atoms with E-state index in [1.165, 1.54) is 39.8 Å². The van der Waals surface area contributed by atoms with Gasteiger partial charge in [0.25, 0.3) is 0 Å². The van der Waals surface area contributed by atoms with Crippen LogP contribution in [-0.4, -0.2) is 11.8 Å². The lowest BCUT2D eigenvalue weighted by atomic mass is 10.0. The molecular weight excluding hydrogens is 272 g/mol. The van der Waals surface area contributed by atoms with Crippen LogP contribution in [0.4, 0.5) is 0 Å². The number of nitrogens with zero attached hydrogens (tertiary/aromatic N) is 2. The summed E-state index contributed by atoms with van der Waals surface area (Å²) >= 11 is 1.51. The normalized spacial score (nSPS) is 17.3. The minimum absolute atomic E-state index is 0.228. The van der Waals surface area contributed by atoms with Gasteiger partial charge >= 0.3 is 11.8 Å². The van der Waals surface area contributed by atoms with Crippen molar-refractivity contribution in [2.75, 3.05) is 5.01 Å².